The van der Waals surface area contributed by atoms with E-state index in [4.69, 9.17) is 0 Å². The topological polar surface area (TPSA) is 63.6 Å². The number of halogens is 2. The first-order chi connectivity index (χ1) is 7.36. The van der Waals surface area contributed by atoms with E-state index in [1.807, 2.05) is 0 Å². The average Bonchev–Trinajstić information content (AvgIpc) is 2.17. The molecule has 0 radical (unpaired) electrons. The Labute approximate surface area is 90.5 Å². The Kier molecular flexibility index (Phi) is 3.51. The van der Waals surface area contributed by atoms with Gasteiger partial charge in [-0.25, -0.2) is 27.0 Å². The Bertz CT molecular complexity index is 562. The van der Waals surface area contributed by atoms with Gasteiger partial charge < -0.3 is 0 Å². The van der Waals surface area contributed by atoms with E-state index in [1.54, 1.807) is 0 Å². The Balaban J connectivity index is 3.43. The maximum absolute atomic E-state index is 13.5. The molecule has 86 valence electrons. The van der Waals surface area contributed by atoms with Crippen LogP contribution >= 0.6 is 0 Å². The van der Waals surface area contributed by atoms with Crippen molar-refractivity contribution in [2.24, 2.45) is 4.99 Å². The van der Waals surface area contributed by atoms with Crippen LogP contribution in [0.4, 0.5) is 8.78 Å². The first-order valence-corrected chi connectivity index (χ1v) is 5.97. The van der Waals surface area contributed by atoms with E-state index in [0.717, 1.165) is 18.4 Å². The van der Waals surface area contributed by atoms with Gasteiger partial charge in [0.05, 0.1) is 6.54 Å². The number of nitrogens with zero attached hydrogens (tertiary/aromatic N) is 1. The SMILES string of the molecule is CS(=O)(=O)c1cc(F)cc(CN=C=O)c1F. The van der Waals surface area contributed by atoms with E-state index in [0.29, 0.717) is 6.07 Å². The Morgan fingerprint density at radius 3 is 2.50 bits per heavy atom. The van der Waals surface area contributed by atoms with Crippen LogP contribution in [0.3, 0.4) is 0 Å². The lowest BCUT2D eigenvalue weighted by Gasteiger charge is -2.05. The molecule has 0 bridgehead atoms. The molecule has 0 aliphatic rings. The molecule has 7 heteroatoms. The molecule has 16 heavy (non-hydrogen) atoms. The van der Waals surface area contributed by atoms with Crippen molar-refractivity contribution in [2.45, 2.75) is 11.4 Å². The van der Waals surface area contributed by atoms with Crippen molar-refractivity contribution in [1.82, 2.24) is 0 Å². The number of isocyanates is 1. The van der Waals surface area contributed by atoms with Crippen LogP contribution < -0.4 is 0 Å². The van der Waals surface area contributed by atoms with Crippen molar-refractivity contribution >= 4 is 15.9 Å². The number of hydrogen-bond acceptors (Lipinski definition) is 4. The third kappa shape index (κ3) is 2.71. The molecule has 0 atom stereocenters. The lowest BCUT2D eigenvalue weighted by molar-refractivity contribution is 0.542. The lowest BCUT2D eigenvalue weighted by atomic mass is 10.2. The quantitative estimate of drug-likeness (QED) is 0.595. The van der Waals surface area contributed by atoms with Gasteiger partial charge in [0.1, 0.15) is 16.5 Å². The van der Waals surface area contributed by atoms with Gasteiger partial charge >= 0.3 is 0 Å². The summed E-state index contributed by atoms with van der Waals surface area (Å²) in [5, 5.41) is 0. The van der Waals surface area contributed by atoms with Gasteiger partial charge in [0, 0.05) is 11.8 Å². The fourth-order valence-corrected chi connectivity index (χ4v) is 1.90. The molecule has 0 unspecified atom stereocenters. The summed E-state index contributed by atoms with van der Waals surface area (Å²) in [6.45, 7) is -0.449. The van der Waals surface area contributed by atoms with Crippen molar-refractivity contribution in [3.8, 4) is 0 Å². The number of rotatable bonds is 3. The number of benzene rings is 1. The second-order valence-corrected chi connectivity index (χ2v) is 5.04. The van der Waals surface area contributed by atoms with Crippen molar-refractivity contribution in [2.75, 3.05) is 6.26 Å². The van der Waals surface area contributed by atoms with Crippen LogP contribution in [-0.2, 0) is 21.2 Å². The summed E-state index contributed by atoms with van der Waals surface area (Å²) in [6.07, 6.45) is 1.92. The van der Waals surface area contributed by atoms with Gasteiger partial charge in [-0.2, -0.15) is 0 Å². The molecule has 0 amide bonds. The maximum atomic E-state index is 13.5. The van der Waals surface area contributed by atoms with Crippen molar-refractivity contribution < 1.29 is 22.0 Å². The normalized spacial score (nSPS) is 10.9. The van der Waals surface area contributed by atoms with Gasteiger partial charge in [0.15, 0.2) is 9.84 Å². The van der Waals surface area contributed by atoms with Crippen molar-refractivity contribution in [3.63, 3.8) is 0 Å². The monoisotopic (exact) mass is 247 g/mol. The molecule has 0 aliphatic heterocycles. The molecule has 1 aromatic carbocycles. The molecular formula is C9H7F2NO3S. The molecule has 0 saturated carbocycles. The maximum Gasteiger partial charge on any atom is 0.235 e. The molecule has 0 fully saturated rings. The molecule has 1 rings (SSSR count). The van der Waals surface area contributed by atoms with Crippen LogP contribution in [0, 0.1) is 11.6 Å². The molecule has 0 N–H and O–H groups in total. The van der Waals surface area contributed by atoms with Crippen LogP contribution in [0.25, 0.3) is 0 Å². The molecule has 0 heterocycles. The van der Waals surface area contributed by atoms with Gasteiger partial charge in [-0.05, 0) is 12.1 Å². The third-order valence-corrected chi connectivity index (χ3v) is 2.89. The highest BCUT2D eigenvalue weighted by Crippen LogP contribution is 2.20. The summed E-state index contributed by atoms with van der Waals surface area (Å²) in [7, 11) is -3.86. The second-order valence-electron chi connectivity index (χ2n) is 3.06. The van der Waals surface area contributed by atoms with Gasteiger partial charge in [-0.3, -0.25) is 0 Å². The highest BCUT2D eigenvalue weighted by atomic mass is 32.2. The van der Waals surface area contributed by atoms with Crippen molar-refractivity contribution in [1.29, 1.82) is 0 Å². The van der Waals surface area contributed by atoms with Crippen LogP contribution in [-0.4, -0.2) is 20.8 Å². The summed E-state index contributed by atoms with van der Waals surface area (Å²) < 4.78 is 48.8. The smallest absolute Gasteiger partial charge is 0.224 e. The van der Waals surface area contributed by atoms with Crippen LogP contribution in [0.2, 0.25) is 0 Å². The third-order valence-electron chi connectivity index (χ3n) is 1.79. The Morgan fingerprint density at radius 1 is 1.38 bits per heavy atom. The van der Waals surface area contributed by atoms with E-state index < -0.39 is 32.9 Å². The minimum Gasteiger partial charge on any atom is -0.224 e. The predicted octanol–water partition coefficient (Wildman–Crippen LogP) is 1.20. The summed E-state index contributed by atoms with van der Waals surface area (Å²) in [5.74, 6) is -2.00. The summed E-state index contributed by atoms with van der Waals surface area (Å²) in [6, 6.07) is 1.36. The molecule has 0 aliphatic carbocycles. The standard InChI is InChI=1S/C9H7F2NO3S/c1-16(14,15)8-3-7(10)2-6(9(8)11)4-12-5-13/h2-3H,4H2,1H3. The molecular weight excluding hydrogens is 240 g/mol. The highest BCUT2D eigenvalue weighted by molar-refractivity contribution is 7.90. The molecule has 0 saturated heterocycles. The minimum atomic E-state index is -3.86. The fourth-order valence-electron chi connectivity index (χ4n) is 1.12. The van der Waals surface area contributed by atoms with E-state index in [1.165, 1.54) is 0 Å². The van der Waals surface area contributed by atoms with Crippen LogP contribution in [0.5, 0.6) is 0 Å². The first kappa shape index (κ1) is 12.5. The molecule has 4 nitrogen and oxygen atoms in total. The average molecular weight is 247 g/mol. The number of hydrogen-bond donors (Lipinski definition) is 0. The van der Waals surface area contributed by atoms with E-state index >= 15 is 0 Å². The zero-order valence-corrected chi connectivity index (χ0v) is 9.01. The summed E-state index contributed by atoms with van der Waals surface area (Å²) in [4.78, 5) is 12.1. The van der Waals surface area contributed by atoms with Gasteiger partial charge in [-0.1, -0.05) is 0 Å². The predicted molar refractivity (Wildman–Crippen MR) is 51.3 cm³/mol. The second kappa shape index (κ2) is 4.51. The number of carbonyl (C=O) groups excluding carboxylic acids is 1. The highest BCUT2D eigenvalue weighted by Gasteiger charge is 2.18. The molecule has 0 aromatic heterocycles. The summed E-state index contributed by atoms with van der Waals surface area (Å²) in [5.41, 5.74) is -0.302. The van der Waals surface area contributed by atoms with Gasteiger partial charge in [0.2, 0.25) is 6.08 Å². The fraction of sp³-hybridized carbons (Fsp3) is 0.222. The number of aliphatic imine (C=N–C) groups is 1. The number of sulfone groups is 1. The minimum absolute atomic E-state index is 0.302. The largest absolute Gasteiger partial charge is 0.235 e. The first-order valence-electron chi connectivity index (χ1n) is 4.08. The Morgan fingerprint density at radius 2 is 2.00 bits per heavy atom. The van der Waals surface area contributed by atoms with E-state index in [9.17, 15) is 22.0 Å². The Hall–Kier alpha value is -1.59. The van der Waals surface area contributed by atoms with Crippen LogP contribution in [0.15, 0.2) is 22.0 Å². The zero-order valence-electron chi connectivity index (χ0n) is 8.20. The lowest BCUT2D eigenvalue weighted by Crippen LogP contribution is -2.04. The van der Waals surface area contributed by atoms with E-state index in [-0.39, 0.29) is 5.56 Å². The van der Waals surface area contributed by atoms with Gasteiger partial charge in [0.25, 0.3) is 0 Å². The van der Waals surface area contributed by atoms with Crippen molar-refractivity contribution in [3.05, 3.63) is 29.3 Å². The molecule has 0 spiro atoms. The summed E-state index contributed by atoms with van der Waals surface area (Å²) >= 11 is 0. The van der Waals surface area contributed by atoms with Crippen LogP contribution in [0.1, 0.15) is 5.56 Å². The molecule has 1 aromatic rings. The van der Waals surface area contributed by atoms with Gasteiger partial charge in [-0.15, -0.1) is 0 Å². The zero-order chi connectivity index (χ0) is 12.3. The van der Waals surface area contributed by atoms with E-state index in [2.05, 4.69) is 4.99 Å².